The fourth-order valence-corrected chi connectivity index (χ4v) is 3.41. The molecule has 6 nitrogen and oxygen atoms in total. The number of carbonyl (C=O) groups is 1. The van der Waals surface area contributed by atoms with E-state index in [0.29, 0.717) is 28.6 Å². The Balaban J connectivity index is 1.49. The smallest absolute Gasteiger partial charge is 0.255 e. The van der Waals surface area contributed by atoms with Crippen molar-refractivity contribution < 1.29 is 19.0 Å². The Morgan fingerprint density at radius 2 is 1.42 bits per heavy atom. The number of ether oxygens (including phenoxy) is 3. The molecule has 0 atom stereocenters. The van der Waals surface area contributed by atoms with Crippen molar-refractivity contribution in [1.82, 2.24) is 4.98 Å². The Hall–Kier alpha value is -4.32. The van der Waals surface area contributed by atoms with Gasteiger partial charge < -0.3 is 19.5 Å². The lowest BCUT2D eigenvalue weighted by Gasteiger charge is -2.19. The summed E-state index contributed by atoms with van der Waals surface area (Å²) in [4.78, 5) is 17.0. The van der Waals surface area contributed by atoms with Crippen LogP contribution >= 0.6 is 0 Å². The third-order valence-electron chi connectivity index (χ3n) is 5.08. The molecule has 0 aliphatic carbocycles. The molecule has 4 aromatic rings. The number of amides is 1. The van der Waals surface area contributed by atoms with E-state index in [9.17, 15) is 4.79 Å². The molecule has 0 aliphatic heterocycles. The van der Waals surface area contributed by atoms with Crippen LogP contribution in [0.5, 0.6) is 17.4 Å². The second-order valence-corrected chi connectivity index (χ2v) is 7.23. The van der Waals surface area contributed by atoms with Crippen LogP contribution in [0.4, 0.5) is 5.69 Å². The van der Waals surface area contributed by atoms with Gasteiger partial charge in [0.1, 0.15) is 0 Å². The van der Waals surface area contributed by atoms with Crippen molar-refractivity contribution >= 4 is 11.6 Å². The Labute approximate surface area is 192 Å². The summed E-state index contributed by atoms with van der Waals surface area (Å²) in [6.07, 6.45) is 1.27. The molecule has 0 spiro atoms. The van der Waals surface area contributed by atoms with E-state index in [1.165, 1.54) is 7.11 Å². The zero-order chi connectivity index (χ0) is 23.0. The van der Waals surface area contributed by atoms with E-state index < -0.39 is 0 Å². The molecule has 0 saturated carbocycles. The molecule has 1 amide bonds. The van der Waals surface area contributed by atoms with Crippen molar-refractivity contribution in [3.8, 4) is 17.4 Å². The van der Waals surface area contributed by atoms with E-state index in [0.717, 1.165) is 11.1 Å². The van der Waals surface area contributed by atoms with Gasteiger partial charge in [0.25, 0.3) is 5.91 Å². The summed E-state index contributed by atoms with van der Waals surface area (Å²) in [7, 11) is 3.08. The van der Waals surface area contributed by atoms with Gasteiger partial charge in [-0.2, -0.15) is 0 Å². The maximum Gasteiger partial charge on any atom is 0.255 e. The Morgan fingerprint density at radius 1 is 0.788 bits per heavy atom. The number of rotatable bonds is 8. The van der Waals surface area contributed by atoms with Crippen LogP contribution in [-0.2, 0) is 0 Å². The Kier molecular flexibility index (Phi) is 6.85. The second-order valence-electron chi connectivity index (χ2n) is 7.23. The van der Waals surface area contributed by atoms with Crippen molar-refractivity contribution in [2.24, 2.45) is 0 Å². The first-order chi connectivity index (χ1) is 16.2. The van der Waals surface area contributed by atoms with Crippen LogP contribution in [-0.4, -0.2) is 25.1 Å². The van der Waals surface area contributed by atoms with Crippen molar-refractivity contribution in [2.45, 2.75) is 6.10 Å². The predicted molar refractivity (Wildman–Crippen MR) is 127 cm³/mol. The summed E-state index contributed by atoms with van der Waals surface area (Å²) in [5.74, 6) is 1.22. The number of carbonyl (C=O) groups excluding carboxylic acids is 1. The van der Waals surface area contributed by atoms with Gasteiger partial charge in [-0.15, -0.1) is 0 Å². The number of nitrogens with one attached hydrogen (secondary N) is 1. The molecule has 3 aromatic carbocycles. The number of benzene rings is 3. The van der Waals surface area contributed by atoms with E-state index in [4.69, 9.17) is 14.2 Å². The largest absolute Gasteiger partial charge is 0.493 e. The number of methoxy groups -OCH3 is 2. The highest BCUT2D eigenvalue weighted by atomic mass is 16.5. The van der Waals surface area contributed by atoms with Gasteiger partial charge in [-0.1, -0.05) is 60.7 Å². The molecular formula is C27H24N2O4. The minimum atomic E-state index is -0.299. The van der Waals surface area contributed by atoms with Crippen LogP contribution in [0.1, 0.15) is 27.6 Å². The first-order valence-corrected chi connectivity index (χ1v) is 10.4. The summed E-state index contributed by atoms with van der Waals surface area (Å²) < 4.78 is 16.7. The van der Waals surface area contributed by atoms with Crippen molar-refractivity contribution in [3.63, 3.8) is 0 Å². The van der Waals surface area contributed by atoms with Gasteiger partial charge in [-0.3, -0.25) is 4.79 Å². The van der Waals surface area contributed by atoms with Crippen LogP contribution < -0.4 is 19.5 Å². The number of anilines is 1. The molecule has 0 fully saturated rings. The lowest BCUT2D eigenvalue weighted by molar-refractivity contribution is 0.102. The van der Waals surface area contributed by atoms with E-state index in [2.05, 4.69) is 10.3 Å². The van der Waals surface area contributed by atoms with Crippen LogP contribution in [0.15, 0.2) is 97.2 Å². The highest BCUT2D eigenvalue weighted by Crippen LogP contribution is 2.29. The Bertz CT molecular complexity index is 1160. The summed E-state index contributed by atoms with van der Waals surface area (Å²) in [6, 6.07) is 28.4. The van der Waals surface area contributed by atoms with E-state index in [1.807, 2.05) is 60.7 Å². The third kappa shape index (κ3) is 5.30. The monoisotopic (exact) mass is 440 g/mol. The summed E-state index contributed by atoms with van der Waals surface area (Å²) in [5, 5.41) is 2.84. The number of aromatic nitrogens is 1. The van der Waals surface area contributed by atoms with E-state index in [1.54, 1.807) is 43.6 Å². The predicted octanol–water partition coefficient (Wildman–Crippen LogP) is 5.52. The van der Waals surface area contributed by atoms with E-state index in [-0.39, 0.29) is 12.0 Å². The molecule has 0 aliphatic rings. The maximum atomic E-state index is 12.6. The average Bonchev–Trinajstić information content (AvgIpc) is 2.88. The third-order valence-corrected chi connectivity index (χ3v) is 5.08. The standard InChI is InChI=1S/C27H24N2O4/c1-31-23-15-13-21(17-24(23)32-2)27(30)29-22-14-16-25(28-18-22)33-26(19-9-5-3-6-10-19)20-11-7-4-8-12-20/h3-18,26H,1-2H3,(H,29,30). The number of pyridine rings is 1. The molecule has 0 radical (unpaired) electrons. The molecule has 1 N–H and O–H groups in total. The quantitative estimate of drug-likeness (QED) is 0.391. The molecule has 6 heteroatoms. The van der Waals surface area contributed by atoms with Crippen molar-refractivity contribution in [2.75, 3.05) is 19.5 Å². The van der Waals surface area contributed by atoms with Crippen LogP contribution in [0.3, 0.4) is 0 Å². The van der Waals surface area contributed by atoms with Crippen LogP contribution in [0, 0.1) is 0 Å². The van der Waals surface area contributed by atoms with Crippen molar-refractivity contribution in [3.05, 3.63) is 114 Å². The highest BCUT2D eigenvalue weighted by molar-refractivity contribution is 6.04. The van der Waals surface area contributed by atoms with Crippen LogP contribution in [0.25, 0.3) is 0 Å². The van der Waals surface area contributed by atoms with Gasteiger partial charge in [0.05, 0.1) is 26.1 Å². The molecule has 1 aromatic heterocycles. The van der Waals surface area contributed by atoms with Gasteiger partial charge in [-0.25, -0.2) is 4.98 Å². The number of hydrogen-bond acceptors (Lipinski definition) is 5. The van der Waals surface area contributed by atoms with Gasteiger partial charge in [0.2, 0.25) is 5.88 Å². The summed E-state index contributed by atoms with van der Waals surface area (Å²) in [6.45, 7) is 0. The number of nitrogens with zero attached hydrogens (tertiary/aromatic N) is 1. The SMILES string of the molecule is COc1ccc(C(=O)Nc2ccc(OC(c3ccccc3)c3ccccc3)nc2)cc1OC. The van der Waals surface area contributed by atoms with E-state index >= 15 is 0 Å². The minimum absolute atomic E-state index is 0.280. The maximum absolute atomic E-state index is 12.6. The molecule has 0 bridgehead atoms. The van der Waals surface area contributed by atoms with Crippen molar-refractivity contribution in [1.29, 1.82) is 0 Å². The molecule has 0 saturated heterocycles. The molecule has 166 valence electrons. The lowest BCUT2D eigenvalue weighted by atomic mass is 10.0. The minimum Gasteiger partial charge on any atom is -0.493 e. The molecular weight excluding hydrogens is 416 g/mol. The summed E-state index contributed by atoms with van der Waals surface area (Å²) in [5.41, 5.74) is 3.05. The molecule has 0 unspecified atom stereocenters. The topological polar surface area (TPSA) is 69.7 Å². The molecule has 33 heavy (non-hydrogen) atoms. The zero-order valence-electron chi connectivity index (χ0n) is 18.4. The van der Waals surface area contributed by atoms with Gasteiger partial charge >= 0.3 is 0 Å². The average molecular weight is 440 g/mol. The fourth-order valence-electron chi connectivity index (χ4n) is 3.41. The Morgan fingerprint density at radius 3 is 1.97 bits per heavy atom. The first-order valence-electron chi connectivity index (χ1n) is 10.4. The fraction of sp³-hybridized carbons (Fsp3) is 0.111. The van der Waals surface area contributed by atoms with Crippen LogP contribution in [0.2, 0.25) is 0 Å². The normalized spacial score (nSPS) is 10.5. The summed E-state index contributed by atoms with van der Waals surface area (Å²) >= 11 is 0. The zero-order valence-corrected chi connectivity index (χ0v) is 18.4. The molecule has 4 rings (SSSR count). The van der Waals surface area contributed by atoms with Gasteiger partial charge in [0.15, 0.2) is 17.6 Å². The second kappa shape index (κ2) is 10.3. The van der Waals surface area contributed by atoms with Gasteiger partial charge in [0, 0.05) is 11.6 Å². The highest BCUT2D eigenvalue weighted by Gasteiger charge is 2.17. The number of hydrogen-bond donors (Lipinski definition) is 1. The van der Waals surface area contributed by atoms with Gasteiger partial charge in [-0.05, 0) is 35.4 Å². The molecule has 1 heterocycles. The first kappa shape index (κ1) is 21.9. The lowest BCUT2D eigenvalue weighted by Crippen LogP contribution is -2.13.